The Balaban J connectivity index is 1.32. The third-order valence-electron chi connectivity index (χ3n) is 6.62. The highest BCUT2D eigenvalue weighted by Crippen LogP contribution is 2.25. The smallest absolute Gasteiger partial charge is 0.234 e. The summed E-state index contributed by atoms with van der Waals surface area (Å²) in [5.74, 6) is 2.23. The summed E-state index contributed by atoms with van der Waals surface area (Å²) in [6.45, 7) is 10.8. The zero-order chi connectivity index (χ0) is 26.9. The molecule has 3 aromatic rings. The number of nitrogens with one attached hydrogen (secondary N) is 3. The summed E-state index contributed by atoms with van der Waals surface area (Å²) in [5.41, 5.74) is 2.88. The molecule has 4 rings (SSSR count). The Morgan fingerprint density at radius 1 is 1.11 bits per heavy atom. The van der Waals surface area contributed by atoms with Crippen molar-refractivity contribution >= 4 is 23.5 Å². The van der Waals surface area contributed by atoms with Crippen LogP contribution in [0.4, 0.5) is 11.9 Å². The van der Waals surface area contributed by atoms with Crippen LogP contribution in [0.25, 0.3) is 5.65 Å². The maximum atomic E-state index is 12.0. The van der Waals surface area contributed by atoms with Crippen molar-refractivity contribution in [2.24, 2.45) is 0 Å². The maximum absolute atomic E-state index is 12.0. The highest BCUT2D eigenvalue weighted by molar-refractivity contribution is 5.78. The SMILES string of the molecule is COc1cccc([C@H](C)Nc2nc(NCCOCCNC(=O)CN3CCCC3)nc3c(C(C)C)cnn23)c1. The summed E-state index contributed by atoms with van der Waals surface area (Å²) >= 11 is 0. The molecule has 2 aromatic heterocycles. The molecular weight excluding hydrogens is 484 g/mol. The van der Waals surface area contributed by atoms with Crippen LogP contribution in [0.2, 0.25) is 0 Å². The number of hydrogen-bond donors (Lipinski definition) is 3. The second kappa shape index (κ2) is 13.4. The van der Waals surface area contributed by atoms with Crippen LogP contribution in [0.5, 0.6) is 5.75 Å². The number of amides is 1. The van der Waals surface area contributed by atoms with Gasteiger partial charge in [0.25, 0.3) is 0 Å². The molecule has 0 radical (unpaired) electrons. The minimum absolute atomic E-state index is 0.0354. The van der Waals surface area contributed by atoms with E-state index in [0.717, 1.165) is 35.6 Å². The number of aromatic nitrogens is 4. The number of rotatable bonds is 14. The number of methoxy groups -OCH3 is 1. The van der Waals surface area contributed by atoms with E-state index >= 15 is 0 Å². The van der Waals surface area contributed by atoms with E-state index in [1.54, 1.807) is 11.6 Å². The number of hydrogen-bond acceptors (Lipinski definition) is 9. The second-order valence-corrected chi connectivity index (χ2v) is 9.88. The Hall–Kier alpha value is -3.44. The summed E-state index contributed by atoms with van der Waals surface area (Å²) < 4.78 is 12.8. The quantitative estimate of drug-likeness (QED) is 0.274. The minimum Gasteiger partial charge on any atom is -0.497 e. The number of carbonyl (C=O) groups excluding carboxylic acids is 1. The molecule has 3 heterocycles. The van der Waals surface area contributed by atoms with Crippen LogP contribution < -0.4 is 20.7 Å². The fourth-order valence-electron chi connectivity index (χ4n) is 4.46. The van der Waals surface area contributed by atoms with Crippen molar-refractivity contribution in [1.29, 1.82) is 0 Å². The number of likely N-dealkylation sites (tertiary alicyclic amines) is 1. The predicted octanol–water partition coefficient (Wildman–Crippen LogP) is 3.07. The molecule has 0 unspecified atom stereocenters. The van der Waals surface area contributed by atoms with E-state index in [1.165, 1.54) is 12.8 Å². The van der Waals surface area contributed by atoms with Gasteiger partial charge < -0.3 is 25.4 Å². The summed E-state index contributed by atoms with van der Waals surface area (Å²) in [4.78, 5) is 23.6. The molecule has 3 N–H and O–H groups in total. The molecular formula is C27H40N8O3. The van der Waals surface area contributed by atoms with Gasteiger partial charge in [-0.2, -0.15) is 19.6 Å². The van der Waals surface area contributed by atoms with E-state index in [9.17, 15) is 4.79 Å². The number of ether oxygens (including phenoxy) is 2. The average Bonchev–Trinajstić information content (AvgIpc) is 3.58. The van der Waals surface area contributed by atoms with Gasteiger partial charge in [0.15, 0.2) is 5.65 Å². The maximum Gasteiger partial charge on any atom is 0.234 e. The lowest BCUT2D eigenvalue weighted by Crippen LogP contribution is -2.37. The first kappa shape index (κ1) is 27.6. The normalized spacial score (nSPS) is 14.7. The Kier molecular flexibility index (Phi) is 9.72. The number of anilines is 2. The summed E-state index contributed by atoms with van der Waals surface area (Å²) in [7, 11) is 1.66. The molecule has 206 valence electrons. The van der Waals surface area contributed by atoms with Crippen molar-refractivity contribution in [3.8, 4) is 5.75 Å². The topological polar surface area (TPSA) is 118 Å². The van der Waals surface area contributed by atoms with Gasteiger partial charge in [-0.15, -0.1) is 0 Å². The largest absolute Gasteiger partial charge is 0.497 e. The lowest BCUT2D eigenvalue weighted by Gasteiger charge is -2.17. The van der Waals surface area contributed by atoms with Gasteiger partial charge >= 0.3 is 0 Å². The van der Waals surface area contributed by atoms with E-state index in [1.807, 2.05) is 30.5 Å². The first-order valence-corrected chi connectivity index (χ1v) is 13.4. The van der Waals surface area contributed by atoms with Gasteiger partial charge in [0, 0.05) is 18.7 Å². The minimum atomic E-state index is -0.0354. The van der Waals surface area contributed by atoms with Crippen LogP contribution in [0.3, 0.4) is 0 Å². The zero-order valence-corrected chi connectivity index (χ0v) is 22.9. The predicted molar refractivity (Wildman–Crippen MR) is 148 cm³/mol. The number of fused-ring (bicyclic) bond motifs is 1. The van der Waals surface area contributed by atoms with E-state index in [4.69, 9.17) is 19.4 Å². The molecule has 0 bridgehead atoms. The average molecular weight is 525 g/mol. The Morgan fingerprint density at radius 3 is 2.66 bits per heavy atom. The van der Waals surface area contributed by atoms with Crippen molar-refractivity contribution in [3.05, 3.63) is 41.6 Å². The van der Waals surface area contributed by atoms with Crippen LogP contribution in [-0.2, 0) is 9.53 Å². The molecule has 11 nitrogen and oxygen atoms in total. The molecule has 38 heavy (non-hydrogen) atoms. The van der Waals surface area contributed by atoms with Gasteiger partial charge in [-0.05, 0) is 56.5 Å². The number of carbonyl (C=O) groups is 1. The molecule has 0 aliphatic carbocycles. The van der Waals surface area contributed by atoms with Gasteiger partial charge in [-0.3, -0.25) is 9.69 Å². The van der Waals surface area contributed by atoms with Crippen molar-refractivity contribution in [2.75, 3.05) is 63.7 Å². The van der Waals surface area contributed by atoms with E-state index in [2.05, 4.69) is 46.7 Å². The third-order valence-corrected chi connectivity index (χ3v) is 6.62. The van der Waals surface area contributed by atoms with E-state index < -0.39 is 0 Å². The monoisotopic (exact) mass is 524 g/mol. The van der Waals surface area contributed by atoms with Crippen molar-refractivity contribution in [2.45, 2.75) is 45.6 Å². The Morgan fingerprint density at radius 2 is 1.89 bits per heavy atom. The fourth-order valence-corrected chi connectivity index (χ4v) is 4.46. The second-order valence-electron chi connectivity index (χ2n) is 9.88. The van der Waals surface area contributed by atoms with Crippen LogP contribution in [0.15, 0.2) is 30.5 Å². The highest BCUT2D eigenvalue weighted by Gasteiger charge is 2.18. The molecule has 0 saturated carbocycles. The van der Waals surface area contributed by atoms with Gasteiger partial charge in [0.2, 0.25) is 17.8 Å². The molecule has 1 atom stereocenters. The molecule has 1 saturated heterocycles. The Labute approximate surface area is 224 Å². The van der Waals surface area contributed by atoms with Crippen molar-refractivity contribution in [3.63, 3.8) is 0 Å². The van der Waals surface area contributed by atoms with Crippen LogP contribution in [0.1, 0.15) is 56.7 Å². The molecule has 1 amide bonds. The van der Waals surface area contributed by atoms with Gasteiger partial charge in [0.1, 0.15) is 5.75 Å². The van der Waals surface area contributed by atoms with Gasteiger partial charge in [0.05, 0.1) is 39.1 Å². The fraction of sp³-hybridized carbons (Fsp3) is 0.556. The van der Waals surface area contributed by atoms with E-state index in [-0.39, 0.29) is 17.9 Å². The number of benzene rings is 1. The summed E-state index contributed by atoms with van der Waals surface area (Å²) in [6.07, 6.45) is 4.21. The first-order valence-electron chi connectivity index (χ1n) is 13.4. The van der Waals surface area contributed by atoms with Crippen molar-refractivity contribution < 1.29 is 14.3 Å². The lowest BCUT2D eigenvalue weighted by molar-refractivity contribution is -0.122. The summed E-state index contributed by atoms with van der Waals surface area (Å²) in [5, 5.41) is 14.2. The molecule has 0 spiro atoms. The van der Waals surface area contributed by atoms with E-state index in [0.29, 0.717) is 44.7 Å². The van der Waals surface area contributed by atoms with Crippen LogP contribution in [0, 0.1) is 0 Å². The van der Waals surface area contributed by atoms with Gasteiger partial charge in [-0.1, -0.05) is 26.0 Å². The van der Waals surface area contributed by atoms with Crippen molar-refractivity contribution in [1.82, 2.24) is 29.8 Å². The molecule has 1 aliphatic rings. The van der Waals surface area contributed by atoms with Crippen LogP contribution in [-0.4, -0.2) is 83.4 Å². The molecule has 1 aromatic carbocycles. The van der Waals surface area contributed by atoms with Gasteiger partial charge in [-0.25, -0.2) is 0 Å². The zero-order valence-electron chi connectivity index (χ0n) is 22.9. The third kappa shape index (κ3) is 7.32. The Bertz CT molecular complexity index is 1190. The highest BCUT2D eigenvalue weighted by atomic mass is 16.5. The molecule has 11 heteroatoms. The molecule has 1 fully saturated rings. The molecule has 1 aliphatic heterocycles. The summed E-state index contributed by atoms with van der Waals surface area (Å²) in [6, 6.07) is 7.91. The van der Waals surface area contributed by atoms with Crippen LogP contribution >= 0.6 is 0 Å². The number of nitrogens with zero attached hydrogens (tertiary/aromatic N) is 5. The lowest BCUT2D eigenvalue weighted by atomic mass is 10.1. The standard InChI is InChI=1S/C27H40N8O3/c1-19(2)23-17-30-35-25(23)32-26(33-27(35)31-20(3)21-8-7-9-22(16-21)37-4)29-11-15-38-14-10-28-24(36)18-34-12-5-6-13-34/h7-9,16-17,19-20H,5-6,10-15,18H2,1-4H3,(H,28,36)(H2,29,31,32,33)/t20-/m0/s1. The first-order chi connectivity index (χ1) is 18.4.